The van der Waals surface area contributed by atoms with Gasteiger partial charge in [-0.25, -0.2) is 4.79 Å². The lowest BCUT2D eigenvalue weighted by atomic mass is 9.98. The molecule has 1 aromatic rings. The van der Waals surface area contributed by atoms with Gasteiger partial charge in [-0.3, -0.25) is 9.69 Å². The van der Waals surface area contributed by atoms with E-state index in [1.165, 1.54) is 13.5 Å². The third-order valence-electron chi connectivity index (χ3n) is 6.57. The van der Waals surface area contributed by atoms with Crippen molar-refractivity contribution < 1.29 is 14.3 Å². The van der Waals surface area contributed by atoms with Gasteiger partial charge in [0.15, 0.2) is 0 Å². The predicted molar refractivity (Wildman–Crippen MR) is 115 cm³/mol. The molecule has 0 radical (unpaired) electrons. The predicted octanol–water partition coefficient (Wildman–Crippen LogP) is 3.16. The number of rotatable bonds is 5. The number of nitrogens with zero attached hydrogens (tertiary/aromatic N) is 3. The summed E-state index contributed by atoms with van der Waals surface area (Å²) in [5.41, 5.74) is 1.67. The molecule has 6 heteroatoms. The van der Waals surface area contributed by atoms with Gasteiger partial charge in [-0.05, 0) is 63.8 Å². The number of piperazine rings is 1. The topological polar surface area (TPSA) is 53.1 Å². The van der Waals surface area contributed by atoms with Gasteiger partial charge in [0.25, 0.3) is 0 Å². The van der Waals surface area contributed by atoms with Crippen LogP contribution in [0.2, 0.25) is 0 Å². The molecule has 0 spiro atoms. The average Bonchev–Trinajstić information content (AvgIpc) is 2.77. The summed E-state index contributed by atoms with van der Waals surface area (Å²) in [4.78, 5) is 31.7. The first kappa shape index (κ1) is 21.6. The lowest BCUT2D eigenvalue weighted by molar-refractivity contribution is -0.141. The van der Waals surface area contributed by atoms with E-state index in [9.17, 15) is 9.59 Å². The van der Waals surface area contributed by atoms with E-state index >= 15 is 0 Å². The molecule has 3 atom stereocenters. The highest BCUT2D eigenvalue weighted by Crippen LogP contribution is 2.25. The fourth-order valence-electron chi connectivity index (χ4n) is 4.80. The SMILES string of the molecule is CCC1CCCCN1C(=O)C(C)N1CCN(c2ccc(C(=O)OC)cc2)CC1C. The molecule has 0 aromatic heterocycles. The lowest BCUT2D eigenvalue weighted by Gasteiger charge is -2.45. The molecular weight excluding hydrogens is 366 g/mol. The van der Waals surface area contributed by atoms with Crippen LogP contribution in [0.25, 0.3) is 0 Å². The van der Waals surface area contributed by atoms with Crippen molar-refractivity contribution in [3.8, 4) is 0 Å². The Kier molecular flexibility index (Phi) is 7.17. The Morgan fingerprint density at radius 1 is 1.14 bits per heavy atom. The molecule has 2 fully saturated rings. The van der Waals surface area contributed by atoms with Crippen LogP contribution in [0.3, 0.4) is 0 Å². The van der Waals surface area contributed by atoms with Crippen LogP contribution in [-0.4, -0.2) is 73.1 Å². The van der Waals surface area contributed by atoms with Gasteiger partial charge < -0.3 is 14.5 Å². The van der Waals surface area contributed by atoms with E-state index < -0.39 is 0 Å². The number of hydrogen-bond acceptors (Lipinski definition) is 5. The van der Waals surface area contributed by atoms with Crippen molar-refractivity contribution in [3.05, 3.63) is 29.8 Å². The van der Waals surface area contributed by atoms with E-state index in [2.05, 4.69) is 35.5 Å². The van der Waals surface area contributed by atoms with Crippen LogP contribution in [0.5, 0.6) is 0 Å². The standard InChI is InChI=1S/C23H35N3O3/c1-5-20-8-6-7-13-26(20)22(27)18(3)25-15-14-24(16-17(25)2)21-11-9-19(10-12-21)23(28)29-4/h9-12,17-18,20H,5-8,13-16H2,1-4H3. The quantitative estimate of drug-likeness (QED) is 0.710. The van der Waals surface area contributed by atoms with E-state index in [0.717, 1.165) is 51.1 Å². The summed E-state index contributed by atoms with van der Waals surface area (Å²) in [5.74, 6) is -0.0237. The van der Waals surface area contributed by atoms with E-state index in [4.69, 9.17) is 4.74 Å². The first-order valence-corrected chi connectivity index (χ1v) is 11.0. The van der Waals surface area contributed by atoms with Crippen molar-refractivity contribution in [2.75, 3.05) is 38.2 Å². The molecule has 6 nitrogen and oxygen atoms in total. The number of methoxy groups -OCH3 is 1. The number of amides is 1. The summed E-state index contributed by atoms with van der Waals surface area (Å²) in [7, 11) is 1.40. The molecule has 1 amide bonds. The van der Waals surface area contributed by atoms with Crippen LogP contribution in [0, 0.1) is 0 Å². The van der Waals surface area contributed by atoms with Gasteiger partial charge in [-0.2, -0.15) is 0 Å². The third-order valence-corrected chi connectivity index (χ3v) is 6.57. The smallest absolute Gasteiger partial charge is 0.337 e. The number of anilines is 1. The second kappa shape index (κ2) is 9.61. The van der Waals surface area contributed by atoms with E-state index in [1.54, 1.807) is 0 Å². The molecule has 1 aromatic carbocycles. The second-order valence-corrected chi connectivity index (χ2v) is 8.34. The number of ether oxygens (including phenoxy) is 1. The van der Waals surface area contributed by atoms with Crippen molar-refractivity contribution in [1.82, 2.24) is 9.80 Å². The third kappa shape index (κ3) is 4.74. The second-order valence-electron chi connectivity index (χ2n) is 8.34. The minimum absolute atomic E-state index is 0.0824. The van der Waals surface area contributed by atoms with Crippen molar-refractivity contribution >= 4 is 17.6 Å². The van der Waals surface area contributed by atoms with Crippen LogP contribution >= 0.6 is 0 Å². The van der Waals surface area contributed by atoms with Crippen molar-refractivity contribution in [2.24, 2.45) is 0 Å². The molecule has 160 valence electrons. The molecule has 0 saturated carbocycles. The van der Waals surface area contributed by atoms with Gasteiger partial charge in [0, 0.05) is 44.0 Å². The van der Waals surface area contributed by atoms with Crippen molar-refractivity contribution in [1.29, 1.82) is 0 Å². The molecule has 0 bridgehead atoms. The van der Waals surface area contributed by atoms with Gasteiger partial charge in [-0.1, -0.05) is 6.92 Å². The van der Waals surface area contributed by atoms with Crippen molar-refractivity contribution in [2.45, 2.75) is 64.6 Å². The number of benzene rings is 1. The zero-order valence-corrected chi connectivity index (χ0v) is 18.3. The number of likely N-dealkylation sites (tertiary alicyclic amines) is 1. The monoisotopic (exact) mass is 401 g/mol. The van der Waals surface area contributed by atoms with Gasteiger partial charge in [0.1, 0.15) is 0 Å². The van der Waals surface area contributed by atoms with E-state index in [1.807, 2.05) is 24.3 Å². The highest BCUT2D eigenvalue weighted by atomic mass is 16.5. The molecule has 3 unspecified atom stereocenters. The van der Waals surface area contributed by atoms with E-state index in [-0.39, 0.29) is 18.1 Å². The van der Waals surface area contributed by atoms with Crippen LogP contribution in [0.15, 0.2) is 24.3 Å². The number of carbonyl (C=O) groups is 2. The van der Waals surface area contributed by atoms with Gasteiger partial charge in [0.2, 0.25) is 5.91 Å². The molecule has 29 heavy (non-hydrogen) atoms. The van der Waals surface area contributed by atoms with Crippen LogP contribution in [0.1, 0.15) is 56.8 Å². The Balaban J connectivity index is 1.62. The van der Waals surface area contributed by atoms with E-state index in [0.29, 0.717) is 17.5 Å². The average molecular weight is 402 g/mol. The Hall–Kier alpha value is -2.08. The van der Waals surface area contributed by atoms with Crippen LogP contribution in [-0.2, 0) is 9.53 Å². The summed E-state index contributed by atoms with van der Waals surface area (Å²) in [6.45, 7) is 9.96. The Labute approximate surface area is 174 Å². The van der Waals surface area contributed by atoms with Gasteiger partial charge in [-0.15, -0.1) is 0 Å². The Bertz CT molecular complexity index is 706. The molecule has 2 saturated heterocycles. The Morgan fingerprint density at radius 2 is 1.86 bits per heavy atom. The summed E-state index contributed by atoms with van der Waals surface area (Å²) in [6, 6.07) is 8.18. The number of piperidine rings is 1. The number of hydrogen-bond donors (Lipinski definition) is 0. The zero-order chi connectivity index (χ0) is 21.0. The summed E-state index contributed by atoms with van der Waals surface area (Å²) in [6.07, 6.45) is 4.55. The first-order chi connectivity index (χ1) is 14.0. The first-order valence-electron chi connectivity index (χ1n) is 11.0. The minimum atomic E-state index is -0.315. The molecular formula is C23H35N3O3. The molecule has 3 rings (SSSR count). The molecule has 2 aliphatic heterocycles. The largest absolute Gasteiger partial charge is 0.465 e. The normalized spacial score (nSPS) is 24.3. The lowest BCUT2D eigenvalue weighted by Crippen LogP contribution is -2.60. The van der Waals surface area contributed by atoms with Crippen LogP contribution < -0.4 is 4.90 Å². The van der Waals surface area contributed by atoms with Gasteiger partial charge in [0.05, 0.1) is 18.7 Å². The highest BCUT2D eigenvalue weighted by Gasteiger charge is 2.35. The van der Waals surface area contributed by atoms with Gasteiger partial charge >= 0.3 is 5.97 Å². The zero-order valence-electron chi connectivity index (χ0n) is 18.3. The fraction of sp³-hybridized carbons (Fsp3) is 0.652. The minimum Gasteiger partial charge on any atom is -0.465 e. The summed E-state index contributed by atoms with van der Waals surface area (Å²) >= 11 is 0. The maximum atomic E-state index is 13.2. The molecule has 0 N–H and O–H groups in total. The fourth-order valence-corrected chi connectivity index (χ4v) is 4.80. The molecule has 0 aliphatic carbocycles. The Morgan fingerprint density at radius 3 is 2.48 bits per heavy atom. The molecule has 2 aliphatic rings. The number of esters is 1. The summed E-state index contributed by atoms with van der Waals surface area (Å²) in [5, 5.41) is 0. The summed E-state index contributed by atoms with van der Waals surface area (Å²) < 4.78 is 4.77. The van der Waals surface area contributed by atoms with Crippen LogP contribution in [0.4, 0.5) is 5.69 Å². The molecule has 2 heterocycles. The highest BCUT2D eigenvalue weighted by molar-refractivity contribution is 5.89. The number of carbonyl (C=O) groups excluding carboxylic acids is 2. The van der Waals surface area contributed by atoms with Crippen molar-refractivity contribution in [3.63, 3.8) is 0 Å². The maximum absolute atomic E-state index is 13.2. The maximum Gasteiger partial charge on any atom is 0.337 e.